The van der Waals surface area contributed by atoms with E-state index < -0.39 is 0 Å². The second-order valence-corrected chi connectivity index (χ2v) is 4.06. The Balaban J connectivity index is 2.16. The van der Waals surface area contributed by atoms with E-state index in [0.29, 0.717) is 0 Å². The molecule has 0 unspecified atom stereocenters. The first-order valence-corrected chi connectivity index (χ1v) is 5.56. The van der Waals surface area contributed by atoms with Crippen molar-refractivity contribution in [2.75, 3.05) is 11.9 Å². The van der Waals surface area contributed by atoms with Crippen LogP contribution in [0, 0.1) is 0 Å². The number of para-hydroxylation sites is 2. The fourth-order valence-corrected chi connectivity index (χ4v) is 2.08. The first-order valence-electron chi connectivity index (χ1n) is 5.56. The molecule has 0 atom stereocenters. The maximum atomic E-state index is 5.87. The lowest BCUT2D eigenvalue weighted by molar-refractivity contribution is 0.475. The largest absolute Gasteiger partial charge is 0.453 e. The molecule has 2 aromatic rings. The number of hydrogen-bond acceptors (Lipinski definition) is 2. The zero-order chi connectivity index (χ0) is 11.8. The summed E-state index contributed by atoms with van der Waals surface area (Å²) in [5.41, 5.74) is 3.25. The van der Waals surface area contributed by atoms with Crippen LogP contribution in [0.3, 0.4) is 0 Å². The van der Waals surface area contributed by atoms with E-state index in [1.807, 2.05) is 43.5 Å². The molecule has 17 heavy (non-hydrogen) atoms. The van der Waals surface area contributed by atoms with Gasteiger partial charge in [0.25, 0.3) is 0 Å². The zero-order valence-corrected chi connectivity index (χ0v) is 9.68. The fourth-order valence-electron chi connectivity index (χ4n) is 2.08. The number of benzene rings is 2. The molecule has 0 aliphatic carbocycles. The lowest BCUT2D eigenvalue weighted by Crippen LogP contribution is -2.15. The summed E-state index contributed by atoms with van der Waals surface area (Å²) in [6, 6.07) is 14.1. The SMILES string of the molecule is C=Cc1ccc2c(c1)N(C)c1ccccc1O2. The third-order valence-electron chi connectivity index (χ3n) is 3.03. The van der Waals surface area contributed by atoms with Crippen molar-refractivity contribution in [3.05, 3.63) is 54.6 Å². The predicted molar refractivity (Wildman–Crippen MR) is 71.1 cm³/mol. The molecule has 0 fully saturated rings. The van der Waals surface area contributed by atoms with E-state index in [0.717, 1.165) is 28.4 Å². The number of anilines is 2. The minimum absolute atomic E-state index is 0.886. The highest BCUT2D eigenvalue weighted by Crippen LogP contribution is 2.45. The zero-order valence-electron chi connectivity index (χ0n) is 9.68. The van der Waals surface area contributed by atoms with Crippen LogP contribution in [0.1, 0.15) is 5.56 Å². The Morgan fingerprint density at radius 3 is 2.65 bits per heavy atom. The lowest BCUT2D eigenvalue weighted by Gasteiger charge is -2.29. The summed E-state index contributed by atoms with van der Waals surface area (Å²) >= 11 is 0. The topological polar surface area (TPSA) is 12.5 Å². The number of fused-ring (bicyclic) bond motifs is 2. The number of nitrogens with zero attached hydrogens (tertiary/aromatic N) is 1. The van der Waals surface area contributed by atoms with E-state index in [9.17, 15) is 0 Å². The van der Waals surface area contributed by atoms with Gasteiger partial charge in [-0.05, 0) is 29.8 Å². The maximum absolute atomic E-state index is 5.87. The van der Waals surface area contributed by atoms with Crippen LogP contribution in [0.4, 0.5) is 11.4 Å². The van der Waals surface area contributed by atoms with Gasteiger partial charge in [0.15, 0.2) is 11.5 Å². The van der Waals surface area contributed by atoms with Crippen LogP contribution < -0.4 is 9.64 Å². The van der Waals surface area contributed by atoms with Gasteiger partial charge in [0, 0.05) is 7.05 Å². The third kappa shape index (κ3) is 1.49. The number of hydrogen-bond donors (Lipinski definition) is 0. The number of rotatable bonds is 1. The quantitative estimate of drug-likeness (QED) is 0.718. The van der Waals surface area contributed by atoms with E-state index in [2.05, 4.69) is 23.6 Å². The first kappa shape index (κ1) is 9.97. The number of ether oxygens (including phenoxy) is 1. The van der Waals surface area contributed by atoms with Gasteiger partial charge in [-0.2, -0.15) is 0 Å². The first-order chi connectivity index (χ1) is 8.29. The van der Waals surface area contributed by atoms with Gasteiger partial charge in [-0.3, -0.25) is 0 Å². The van der Waals surface area contributed by atoms with Crippen molar-refractivity contribution in [1.82, 2.24) is 0 Å². The third-order valence-corrected chi connectivity index (χ3v) is 3.03. The van der Waals surface area contributed by atoms with Gasteiger partial charge in [-0.15, -0.1) is 0 Å². The maximum Gasteiger partial charge on any atom is 0.151 e. The van der Waals surface area contributed by atoms with E-state index in [1.54, 1.807) is 0 Å². The van der Waals surface area contributed by atoms with Crippen LogP contribution in [-0.2, 0) is 0 Å². The molecule has 0 radical (unpaired) electrons. The summed E-state index contributed by atoms with van der Waals surface area (Å²) in [7, 11) is 2.05. The van der Waals surface area contributed by atoms with Gasteiger partial charge in [0.2, 0.25) is 0 Å². The summed E-state index contributed by atoms with van der Waals surface area (Å²) in [6.07, 6.45) is 1.84. The molecule has 0 aromatic heterocycles. The molecule has 0 bridgehead atoms. The van der Waals surface area contributed by atoms with Crippen molar-refractivity contribution < 1.29 is 4.74 Å². The van der Waals surface area contributed by atoms with E-state index in [4.69, 9.17) is 4.74 Å². The highest BCUT2D eigenvalue weighted by Gasteiger charge is 2.20. The van der Waals surface area contributed by atoms with Crippen molar-refractivity contribution in [2.45, 2.75) is 0 Å². The van der Waals surface area contributed by atoms with Crippen LogP contribution in [-0.4, -0.2) is 7.05 Å². The highest BCUT2D eigenvalue weighted by atomic mass is 16.5. The predicted octanol–water partition coefficient (Wildman–Crippen LogP) is 4.20. The fraction of sp³-hybridized carbons (Fsp3) is 0.0667. The van der Waals surface area contributed by atoms with Crippen molar-refractivity contribution in [2.24, 2.45) is 0 Å². The van der Waals surface area contributed by atoms with Crippen molar-refractivity contribution in [3.8, 4) is 11.5 Å². The van der Waals surface area contributed by atoms with Crippen LogP contribution in [0.2, 0.25) is 0 Å². The molecule has 2 aromatic carbocycles. The summed E-state index contributed by atoms with van der Waals surface area (Å²) in [5, 5.41) is 0. The molecule has 1 aliphatic rings. The van der Waals surface area contributed by atoms with E-state index in [1.165, 1.54) is 0 Å². The average molecular weight is 223 g/mol. The van der Waals surface area contributed by atoms with Crippen LogP contribution in [0.15, 0.2) is 49.0 Å². The Morgan fingerprint density at radius 2 is 1.82 bits per heavy atom. The molecule has 0 saturated carbocycles. The van der Waals surface area contributed by atoms with Gasteiger partial charge in [0.05, 0.1) is 11.4 Å². The van der Waals surface area contributed by atoms with Gasteiger partial charge in [-0.25, -0.2) is 0 Å². The smallest absolute Gasteiger partial charge is 0.151 e. The van der Waals surface area contributed by atoms with Gasteiger partial charge in [0.1, 0.15) is 0 Å². The molecule has 0 amide bonds. The Bertz CT molecular complexity index is 589. The molecule has 2 nitrogen and oxygen atoms in total. The van der Waals surface area contributed by atoms with Crippen LogP contribution in [0.5, 0.6) is 11.5 Å². The summed E-state index contributed by atoms with van der Waals surface area (Å²) in [4.78, 5) is 2.14. The standard InChI is InChI=1S/C15H13NO/c1-3-11-8-9-15-13(10-11)16(2)12-6-4-5-7-14(12)17-15/h3-10H,1H2,2H3. The molecule has 3 rings (SSSR count). The Hall–Kier alpha value is -2.22. The Morgan fingerprint density at radius 1 is 1.06 bits per heavy atom. The minimum atomic E-state index is 0.886. The molecular weight excluding hydrogens is 210 g/mol. The Labute approximate surface area is 101 Å². The van der Waals surface area contributed by atoms with E-state index in [-0.39, 0.29) is 0 Å². The normalized spacial score (nSPS) is 12.4. The van der Waals surface area contributed by atoms with Gasteiger partial charge < -0.3 is 9.64 Å². The molecule has 2 heteroatoms. The van der Waals surface area contributed by atoms with Crippen LogP contribution in [0.25, 0.3) is 6.08 Å². The molecule has 1 heterocycles. The summed E-state index contributed by atoms with van der Waals surface area (Å²) in [5.74, 6) is 1.78. The van der Waals surface area contributed by atoms with Crippen molar-refractivity contribution >= 4 is 17.5 Å². The van der Waals surface area contributed by atoms with Crippen molar-refractivity contribution in [1.29, 1.82) is 0 Å². The molecule has 0 spiro atoms. The lowest BCUT2D eigenvalue weighted by atomic mass is 10.1. The van der Waals surface area contributed by atoms with Gasteiger partial charge >= 0.3 is 0 Å². The Kier molecular flexibility index (Phi) is 2.15. The second kappa shape index (κ2) is 3.67. The van der Waals surface area contributed by atoms with E-state index >= 15 is 0 Å². The summed E-state index contributed by atoms with van der Waals surface area (Å²) in [6.45, 7) is 3.79. The monoisotopic (exact) mass is 223 g/mol. The minimum Gasteiger partial charge on any atom is -0.453 e. The molecular formula is C15H13NO. The molecule has 84 valence electrons. The average Bonchev–Trinajstić information content (AvgIpc) is 2.39. The van der Waals surface area contributed by atoms with Gasteiger partial charge in [-0.1, -0.05) is 30.9 Å². The second-order valence-electron chi connectivity index (χ2n) is 4.06. The van der Waals surface area contributed by atoms with Crippen LogP contribution >= 0.6 is 0 Å². The molecule has 0 saturated heterocycles. The summed E-state index contributed by atoms with van der Waals surface area (Å²) < 4.78 is 5.87. The highest BCUT2D eigenvalue weighted by molar-refractivity contribution is 5.78. The molecule has 0 N–H and O–H groups in total. The molecule has 1 aliphatic heterocycles. The van der Waals surface area contributed by atoms with Crippen molar-refractivity contribution in [3.63, 3.8) is 0 Å².